The van der Waals surface area contributed by atoms with Crippen molar-refractivity contribution in [2.75, 3.05) is 6.61 Å². The lowest BCUT2D eigenvalue weighted by atomic mass is 9.91. The number of carbonyl (C=O) groups is 4. The summed E-state index contributed by atoms with van der Waals surface area (Å²) in [7, 11) is 0. The quantitative estimate of drug-likeness (QED) is 0.527. The summed E-state index contributed by atoms with van der Waals surface area (Å²) in [6, 6.07) is 6.85. The van der Waals surface area contributed by atoms with Crippen LogP contribution in [0.4, 0.5) is 0 Å². The second-order valence-electron chi connectivity index (χ2n) is 8.16. The molecule has 2 rings (SSSR count). The molecule has 1 aliphatic rings. The van der Waals surface area contributed by atoms with E-state index in [4.69, 9.17) is 10.5 Å². The topological polar surface area (TPSA) is 128 Å². The summed E-state index contributed by atoms with van der Waals surface area (Å²) in [5.41, 5.74) is 5.65. The van der Waals surface area contributed by atoms with Gasteiger partial charge in [0.15, 0.2) is 5.78 Å². The average molecular weight is 418 g/mol. The molecule has 0 bridgehead atoms. The van der Waals surface area contributed by atoms with Crippen LogP contribution in [0.2, 0.25) is 0 Å². The molecule has 0 spiro atoms. The molecule has 0 aromatic heterocycles. The molecule has 30 heavy (non-hydrogen) atoms. The number of ether oxygens (including phenoxy) is 1. The zero-order valence-corrected chi connectivity index (χ0v) is 17.7. The molecule has 8 nitrogen and oxygen atoms in total. The highest BCUT2D eigenvalue weighted by atomic mass is 16.5. The van der Waals surface area contributed by atoms with Crippen LogP contribution in [0.3, 0.4) is 0 Å². The fourth-order valence-corrected chi connectivity index (χ4v) is 3.25. The monoisotopic (exact) mass is 417 g/mol. The molecule has 1 heterocycles. The number of rotatable bonds is 10. The zero-order chi connectivity index (χ0) is 22.3. The lowest BCUT2D eigenvalue weighted by Crippen LogP contribution is -2.53. The van der Waals surface area contributed by atoms with Gasteiger partial charge in [0, 0.05) is 5.56 Å². The van der Waals surface area contributed by atoms with E-state index < -0.39 is 30.0 Å². The third kappa shape index (κ3) is 6.66. The number of nitrogens with two attached hydrogens (primary N) is 1. The van der Waals surface area contributed by atoms with Gasteiger partial charge in [-0.15, -0.1) is 0 Å². The van der Waals surface area contributed by atoms with Crippen molar-refractivity contribution in [1.82, 2.24) is 10.6 Å². The van der Waals surface area contributed by atoms with Crippen LogP contribution in [0, 0.1) is 11.8 Å². The summed E-state index contributed by atoms with van der Waals surface area (Å²) in [5.74, 6) is -0.993. The van der Waals surface area contributed by atoms with Crippen molar-refractivity contribution in [2.45, 2.75) is 58.2 Å². The molecule has 3 unspecified atom stereocenters. The van der Waals surface area contributed by atoms with Crippen LogP contribution in [-0.2, 0) is 19.1 Å². The van der Waals surface area contributed by atoms with E-state index in [-0.39, 0.29) is 24.7 Å². The van der Waals surface area contributed by atoms with Crippen LogP contribution in [0.25, 0.3) is 0 Å². The standard InChI is InChI=1S/C22H31N3O5/c1-13(2)14(3)9-10-16(24-21(28)15-7-5-4-6-8-15)22(29)25-20-17(26)12-30-18(20)11-19(23)27/h4-8,13-14,16,18,20H,9-12H2,1-3H3,(H2,23,27)(H,24,28)(H,25,29)/t14?,16-,18?,20?/m0/s1. The van der Waals surface area contributed by atoms with Gasteiger partial charge in [0.2, 0.25) is 11.8 Å². The second kappa shape index (κ2) is 10.9. The first-order valence-electron chi connectivity index (χ1n) is 10.3. The Hall–Kier alpha value is -2.74. The van der Waals surface area contributed by atoms with E-state index in [0.29, 0.717) is 23.8 Å². The highest BCUT2D eigenvalue weighted by Crippen LogP contribution is 2.19. The number of benzene rings is 1. The molecule has 164 valence electrons. The van der Waals surface area contributed by atoms with Gasteiger partial charge >= 0.3 is 0 Å². The molecule has 0 saturated carbocycles. The Morgan fingerprint density at radius 3 is 2.40 bits per heavy atom. The first-order valence-corrected chi connectivity index (χ1v) is 10.3. The maximum atomic E-state index is 13.0. The Bertz CT molecular complexity index is 765. The van der Waals surface area contributed by atoms with Gasteiger partial charge in [-0.2, -0.15) is 0 Å². The number of primary amides is 1. The summed E-state index contributed by atoms with van der Waals surface area (Å²) in [6.07, 6.45) is 0.192. The van der Waals surface area contributed by atoms with Gasteiger partial charge in [-0.25, -0.2) is 0 Å². The molecule has 1 aromatic rings. The van der Waals surface area contributed by atoms with Crippen LogP contribution in [0.1, 0.15) is 50.4 Å². The third-order valence-electron chi connectivity index (χ3n) is 5.57. The van der Waals surface area contributed by atoms with E-state index in [2.05, 4.69) is 31.4 Å². The number of hydrogen-bond donors (Lipinski definition) is 3. The van der Waals surface area contributed by atoms with Crippen molar-refractivity contribution in [3.8, 4) is 0 Å². The second-order valence-corrected chi connectivity index (χ2v) is 8.16. The van der Waals surface area contributed by atoms with Gasteiger partial charge < -0.3 is 21.1 Å². The van der Waals surface area contributed by atoms with Crippen molar-refractivity contribution in [3.63, 3.8) is 0 Å². The first kappa shape index (κ1) is 23.5. The predicted octanol–water partition coefficient (Wildman–Crippen LogP) is 1.19. The molecule has 4 atom stereocenters. The molecule has 3 amide bonds. The van der Waals surface area contributed by atoms with Crippen LogP contribution in [0.15, 0.2) is 30.3 Å². The number of nitrogens with one attached hydrogen (secondary N) is 2. The van der Waals surface area contributed by atoms with Crippen molar-refractivity contribution in [1.29, 1.82) is 0 Å². The van der Waals surface area contributed by atoms with Crippen molar-refractivity contribution in [3.05, 3.63) is 35.9 Å². The number of ketones is 1. The Labute approximate surface area is 176 Å². The largest absolute Gasteiger partial charge is 0.370 e. The Morgan fingerprint density at radius 1 is 1.13 bits per heavy atom. The number of amides is 3. The smallest absolute Gasteiger partial charge is 0.251 e. The van der Waals surface area contributed by atoms with Crippen molar-refractivity contribution >= 4 is 23.5 Å². The van der Waals surface area contributed by atoms with Gasteiger partial charge in [0.1, 0.15) is 18.7 Å². The fraction of sp³-hybridized carbons (Fsp3) is 0.545. The molecular weight excluding hydrogens is 386 g/mol. The minimum absolute atomic E-state index is 0.165. The number of Topliss-reactive ketones (excluding diaryl/α,β-unsaturated/α-hetero) is 1. The lowest BCUT2D eigenvalue weighted by Gasteiger charge is -2.24. The summed E-state index contributed by atoms with van der Waals surface area (Å²) in [4.78, 5) is 49.0. The van der Waals surface area contributed by atoms with Gasteiger partial charge in [0.05, 0.1) is 12.5 Å². The van der Waals surface area contributed by atoms with E-state index in [9.17, 15) is 19.2 Å². The zero-order valence-electron chi connectivity index (χ0n) is 17.7. The summed E-state index contributed by atoms with van der Waals surface area (Å²) in [6.45, 7) is 6.11. The molecule has 0 radical (unpaired) electrons. The summed E-state index contributed by atoms with van der Waals surface area (Å²) in [5, 5.41) is 5.44. The van der Waals surface area contributed by atoms with E-state index in [0.717, 1.165) is 6.42 Å². The summed E-state index contributed by atoms with van der Waals surface area (Å²) < 4.78 is 5.30. The van der Waals surface area contributed by atoms with E-state index in [1.807, 2.05) is 0 Å². The van der Waals surface area contributed by atoms with Crippen molar-refractivity contribution in [2.24, 2.45) is 17.6 Å². The van der Waals surface area contributed by atoms with Crippen molar-refractivity contribution < 1.29 is 23.9 Å². The minimum atomic E-state index is -0.955. The maximum Gasteiger partial charge on any atom is 0.251 e. The molecule has 1 aliphatic heterocycles. The molecule has 0 aliphatic carbocycles. The van der Waals surface area contributed by atoms with E-state index >= 15 is 0 Å². The average Bonchev–Trinajstić information content (AvgIpc) is 3.03. The van der Waals surface area contributed by atoms with Crippen LogP contribution in [0.5, 0.6) is 0 Å². The normalized spacial score (nSPS) is 20.6. The van der Waals surface area contributed by atoms with Gasteiger partial charge in [-0.1, -0.05) is 39.0 Å². The molecule has 8 heteroatoms. The highest BCUT2D eigenvalue weighted by molar-refractivity contribution is 5.99. The third-order valence-corrected chi connectivity index (χ3v) is 5.57. The van der Waals surface area contributed by atoms with Crippen LogP contribution >= 0.6 is 0 Å². The Balaban J connectivity index is 2.11. The van der Waals surface area contributed by atoms with Gasteiger partial charge in [-0.3, -0.25) is 19.2 Å². The molecule has 4 N–H and O–H groups in total. The van der Waals surface area contributed by atoms with E-state index in [1.165, 1.54) is 0 Å². The first-order chi connectivity index (χ1) is 14.2. The molecule has 1 aromatic carbocycles. The molecule has 1 saturated heterocycles. The van der Waals surface area contributed by atoms with Crippen LogP contribution in [-0.4, -0.2) is 48.3 Å². The number of carbonyl (C=O) groups excluding carboxylic acids is 4. The Morgan fingerprint density at radius 2 is 1.80 bits per heavy atom. The lowest BCUT2D eigenvalue weighted by molar-refractivity contribution is -0.128. The highest BCUT2D eigenvalue weighted by Gasteiger charge is 2.39. The van der Waals surface area contributed by atoms with E-state index in [1.54, 1.807) is 30.3 Å². The van der Waals surface area contributed by atoms with Gasteiger partial charge in [0.25, 0.3) is 5.91 Å². The summed E-state index contributed by atoms with van der Waals surface area (Å²) >= 11 is 0. The van der Waals surface area contributed by atoms with Crippen LogP contribution < -0.4 is 16.4 Å². The maximum absolute atomic E-state index is 13.0. The molecular formula is C22H31N3O5. The number of hydrogen-bond acceptors (Lipinski definition) is 5. The predicted molar refractivity (Wildman–Crippen MR) is 111 cm³/mol. The minimum Gasteiger partial charge on any atom is -0.370 e. The van der Waals surface area contributed by atoms with Gasteiger partial charge in [-0.05, 0) is 36.8 Å². The Kier molecular flexibility index (Phi) is 8.53. The fourth-order valence-electron chi connectivity index (χ4n) is 3.25. The SMILES string of the molecule is CC(C)C(C)CC[C@H](NC(=O)c1ccccc1)C(=O)NC1C(=O)COC1CC(N)=O. The molecule has 1 fully saturated rings.